The number of ether oxygens (including phenoxy) is 1. The maximum atomic E-state index is 6.17. The smallest absolute Gasteiger partial charge is 0.125 e. The summed E-state index contributed by atoms with van der Waals surface area (Å²) in [6, 6.07) is 4.04. The number of thiocarbonyl (C=S) groups is 1. The first-order chi connectivity index (χ1) is 8.58. The molecule has 0 aliphatic heterocycles. The molecule has 1 aliphatic carbocycles. The first-order valence-corrected chi connectivity index (χ1v) is 7.06. The van der Waals surface area contributed by atoms with Crippen LogP contribution in [-0.4, -0.2) is 11.1 Å². The first-order valence-electron chi connectivity index (χ1n) is 6.65. The van der Waals surface area contributed by atoms with Crippen molar-refractivity contribution in [1.82, 2.24) is 0 Å². The average molecular weight is 263 g/mol. The van der Waals surface area contributed by atoms with E-state index in [9.17, 15) is 0 Å². The van der Waals surface area contributed by atoms with Crippen LogP contribution in [-0.2, 0) is 0 Å². The summed E-state index contributed by atoms with van der Waals surface area (Å²) in [5.74, 6) is 1.02. The minimum absolute atomic E-state index is 0.381. The summed E-state index contributed by atoms with van der Waals surface area (Å²) < 4.78 is 6.17. The molecule has 18 heavy (non-hydrogen) atoms. The summed E-state index contributed by atoms with van der Waals surface area (Å²) in [4.78, 5) is 0.449. The second-order valence-corrected chi connectivity index (χ2v) is 5.62. The van der Waals surface area contributed by atoms with Crippen molar-refractivity contribution >= 4 is 17.2 Å². The van der Waals surface area contributed by atoms with Gasteiger partial charge < -0.3 is 10.5 Å². The second kappa shape index (κ2) is 5.70. The first kappa shape index (κ1) is 13.3. The summed E-state index contributed by atoms with van der Waals surface area (Å²) in [6.45, 7) is 4.12. The van der Waals surface area contributed by atoms with Crippen molar-refractivity contribution in [2.24, 2.45) is 5.73 Å². The van der Waals surface area contributed by atoms with Crippen molar-refractivity contribution < 1.29 is 4.74 Å². The molecule has 1 fully saturated rings. The predicted octanol–water partition coefficient (Wildman–Crippen LogP) is 3.65. The highest BCUT2D eigenvalue weighted by Gasteiger charge is 2.17. The van der Waals surface area contributed by atoms with Crippen LogP contribution >= 0.6 is 12.2 Å². The van der Waals surface area contributed by atoms with Crippen LogP contribution in [0, 0.1) is 13.8 Å². The number of aryl methyl sites for hydroxylation is 2. The minimum atomic E-state index is 0.381. The van der Waals surface area contributed by atoms with Crippen molar-refractivity contribution in [2.45, 2.75) is 52.1 Å². The number of nitrogens with two attached hydrogens (primary N) is 1. The Labute approximate surface area is 115 Å². The van der Waals surface area contributed by atoms with E-state index in [4.69, 9.17) is 22.7 Å². The third-order valence-corrected chi connectivity index (χ3v) is 3.82. The fraction of sp³-hybridized carbons (Fsp3) is 0.533. The van der Waals surface area contributed by atoms with Crippen LogP contribution in [0.2, 0.25) is 0 Å². The molecule has 0 radical (unpaired) electrons. The lowest BCUT2D eigenvalue weighted by molar-refractivity contribution is 0.153. The van der Waals surface area contributed by atoms with Gasteiger partial charge in [0.2, 0.25) is 0 Å². The molecule has 2 rings (SSSR count). The van der Waals surface area contributed by atoms with E-state index in [0.717, 1.165) is 22.4 Å². The molecule has 2 N–H and O–H groups in total. The van der Waals surface area contributed by atoms with Gasteiger partial charge in [0.15, 0.2) is 0 Å². The lowest BCUT2D eigenvalue weighted by Crippen LogP contribution is -2.21. The molecule has 0 spiro atoms. The van der Waals surface area contributed by atoms with Crippen LogP contribution in [0.4, 0.5) is 0 Å². The standard InChI is InChI=1S/C15H21NOS/c1-10-8-12(15(16)18)9-11(2)14(10)17-13-6-4-3-5-7-13/h8-9,13H,3-7H2,1-2H3,(H2,16,18). The molecule has 1 aliphatic rings. The van der Waals surface area contributed by atoms with Crippen molar-refractivity contribution in [2.75, 3.05) is 0 Å². The van der Waals surface area contributed by atoms with E-state index in [1.165, 1.54) is 32.1 Å². The van der Waals surface area contributed by atoms with Gasteiger partial charge in [-0.15, -0.1) is 0 Å². The summed E-state index contributed by atoms with van der Waals surface area (Å²) in [5.41, 5.74) is 8.86. The fourth-order valence-corrected chi connectivity index (χ4v) is 2.75. The van der Waals surface area contributed by atoms with Gasteiger partial charge in [-0.05, 0) is 62.8 Å². The van der Waals surface area contributed by atoms with Crippen molar-refractivity contribution in [3.05, 3.63) is 28.8 Å². The van der Waals surface area contributed by atoms with E-state index in [1.807, 2.05) is 12.1 Å². The highest BCUT2D eigenvalue weighted by Crippen LogP contribution is 2.29. The lowest BCUT2D eigenvalue weighted by atomic mass is 9.97. The van der Waals surface area contributed by atoms with Gasteiger partial charge in [-0.25, -0.2) is 0 Å². The number of benzene rings is 1. The minimum Gasteiger partial charge on any atom is -0.490 e. The van der Waals surface area contributed by atoms with E-state index in [0.29, 0.717) is 11.1 Å². The third kappa shape index (κ3) is 3.02. The quantitative estimate of drug-likeness (QED) is 0.845. The molecule has 1 aromatic carbocycles. The van der Waals surface area contributed by atoms with Gasteiger partial charge in [0.25, 0.3) is 0 Å². The van der Waals surface area contributed by atoms with Crippen LogP contribution in [0.3, 0.4) is 0 Å². The van der Waals surface area contributed by atoms with Crippen LogP contribution in [0.15, 0.2) is 12.1 Å². The van der Waals surface area contributed by atoms with Gasteiger partial charge in [0.05, 0.1) is 6.10 Å². The molecule has 3 heteroatoms. The largest absolute Gasteiger partial charge is 0.490 e. The molecule has 98 valence electrons. The number of hydrogen-bond donors (Lipinski definition) is 1. The summed E-state index contributed by atoms with van der Waals surface area (Å²) in [5, 5.41) is 0. The Morgan fingerprint density at radius 2 is 1.72 bits per heavy atom. The van der Waals surface area contributed by atoms with E-state index >= 15 is 0 Å². The lowest BCUT2D eigenvalue weighted by Gasteiger charge is -2.25. The maximum Gasteiger partial charge on any atom is 0.125 e. The van der Waals surface area contributed by atoms with E-state index in [1.54, 1.807) is 0 Å². The van der Waals surface area contributed by atoms with E-state index < -0.39 is 0 Å². The zero-order valence-electron chi connectivity index (χ0n) is 11.2. The van der Waals surface area contributed by atoms with E-state index in [-0.39, 0.29) is 0 Å². The number of hydrogen-bond acceptors (Lipinski definition) is 2. The SMILES string of the molecule is Cc1cc(C(N)=S)cc(C)c1OC1CCCCC1. The highest BCUT2D eigenvalue weighted by molar-refractivity contribution is 7.80. The topological polar surface area (TPSA) is 35.2 Å². The van der Waals surface area contributed by atoms with Gasteiger partial charge in [-0.1, -0.05) is 18.6 Å². The molecule has 0 amide bonds. The van der Waals surface area contributed by atoms with Crippen LogP contribution in [0.25, 0.3) is 0 Å². The Balaban J connectivity index is 2.19. The maximum absolute atomic E-state index is 6.17. The Bertz CT molecular complexity index is 427. The second-order valence-electron chi connectivity index (χ2n) is 5.18. The van der Waals surface area contributed by atoms with Crippen LogP contribution < -0.4 is 10.5 Å². The Morgan fingerprint density at radius 3 is 2.22 bits per heavy atom. The molecular weight excluding hydrogens is 242 g/mol. The van der Waals surface area contributed by atoms with Gasteiger partial charge in [-0.2, -0.15) is 0 Å². The third-order valence-electron chi connectivity index (χ3n) is 3.58. The molecule has 1 aromatic rings. The molecular formula is C15H21NOS. The molecule has 0 unspecified atom stereocenters. The molecule has 2 nitrogen and oxygen atoms in total. The molecule has 1 saturated carbocycles. The van der Waals surface area contributed by atoms with Crippen molar-refractivity contribution in [1.29, 1.82) is 0 Å². The molecule has 0 saturated heterocycles. The highest BCUT2D eigenvalue weighted by atomic mass is 32.1. The predicted molar refractivity (Wildman–Crippen MR) is 79.3 cm³/mol. The van der Waals surface area contributed by atoms with Crippen molar-refractivity contribution in [3.8, 4) is 5.75 Å². The molecule has 0 atom stereocenters. The van der Waals surface area contributed by atoms with Crippen LogP contribution in [0.1, 0.15) is 48.8 Å². The Kier molecular flexibility index (Phi) is 4.23. The van der Waals surface area contributed by atoms with E-state index in [2.05, 4.69) is 13.8 Å². The molecule has 0 bridgehead atoms. The molecule has 0 aromatic heterocycles. The zero-order chi connectivity index (χ0) is 13.1. The zero-order valence-corrected chi connectivity index (χ0v) is 12.0. The van der Waals surface area contributed by atoms with Crippen LogP contribution in [0.5, 0.6) is 5.75 Å². The average Bonchev–Trinajstić information content (AvgIpc) is 2.34. The normalized spacial score (nSPS) is 16.6. The monoisotopic (exact) mass is 263 g/mol. The Morgan fingerprint density at radius 1 is 1.17 bits per heavy atom. The number of rotatable bonds is 3. The van der Waals surface area contributed by atoms with Gasteiger partial charge >= 0.3 is 0 Å². The molecule has 0 heterocycles. The van der Waals surface area contributed by atoms with Gasteiger partial charge in [0, 0.05) is 5.56 Å². The Hall–Kier alpha value is -1.09. The van der Waals surface area contributed by atoms with Crippen molar-refractivity contribution in [3.63, 3.8) is 0 Å². The van der Waals surface area contributed by atoms with Gasteiger partial charge in [-0.3, -0.25) is 0 Å². The summed E-state index contributed by atoms with van der Waals surface area (Å²) >= 11 is 5.02. The van der Waals surface area contributed by atoms with Gasteiger partial charge in [0.1, 0.15) is 10.7 Å². The summed E-state index contributed by atoms with van der Waals surface area (Å²) in [6.07, 6.45) is 6.65. The summed E-state index contributed by atoms with van der Waals surface area (Å²) in [7, 11) is 0. The fourth-order valence-electron chi connectivity index (χ4n) is 2.63.